The Labute approximate surface area is 163 Å². The zero-order chi connectivity index (χ0) is 18.9. The number of anilines is 1. The number of halogens is 1. The van der Waals surface area contributed by atoms with Gasteiger partial charge in [-0.15, -0.1) is 0 Å². The van der Waals surface area contributed by atoms with Crippen LogP contribution in [0.5, 0.6) is 0 Å². The lowest BCUT2D eigenvalue weighted by Gasteiger charge is -2.40. The molecule has 136 valence electrons. The second kappa shape index (κ2) is 6.82. The molecule has 0 amide bonds. The molecule has 1 unspecified atom stereocenters. The first-order valence-electron chi connectivity index (χ1n) is 9.19. The van der Waals surface area contributed by atoms with E-state index in [1.807, 2.05) is 53.2 Å². The number of fused-ring (bicyclic) bond motifs is 1. The van der Waals surface area contributed by atoms with Gasteiger partial charge in [0.25, 0.3) is 0 Å². The third kappa shape index (κ3) is 2.79. The van der Waals surface area contributed by atoms with Crippen molar-refractivity contribution in [2.75, 3.05) is 4.90 Å². The van der Waals surface area contributed by atoms with Crippen LogP contribution in [-0.2, 0) is 0 Å². The maximum atomic E-state index is 14.2. The highest BCUT2D eigenvalue weighted by molar-refractivity contribution is 5.93. The number of rotatable bonds is 3. The molecule has 3 nitrogen and oxygen atoms in total. The van der Waals surface area contributed by atoms with Crippen LogP contribution in [0.25, 0.3) is 11.8 Å². The number of hydrogen-bond donors (Lipinski definition) is 0. The minimum atomic E-state index is -0.242. The molecule has 0 bridgehead atoms. The van der Waals surface area contributed by atoms with E-state index < -0.39 is 0 Å². The Hall–Kier alpha value is -3.66. The number of imidazole rings is 1. The third-order valence-electron chi connectivity index (χ3n) is 5.03. The molecular formula is C24H18FN3. The van der Waals surface area contributed by atoms with Crippen molar-refractivity contribution in [3.8, 4) is 0 Å². The summed E-state index contributed by atoms with van der Waals surface area (Å²) in [5.41, 5.74) is 5.11. The highest BCUT2D eigenvalue weighted by Gasteiger charge is 2.31. The second-order valence-corrected chi connectivity index (χ2v) is 6.76. The summed E-state index contributed by atoms with van der Waals surface area (Å²) in [6.45, 7) is 0. The van der Waals surface area contributed by atoms with Crippen molar-refractivity contribution in [2.45, 2.75) is 6.17 Å². The first-order valence-corrected chi connectivity index (χ1v) is 9.19. The maximum Gasteiger partial charge on any atom is 0.138 e. The molecule has 28 heavy (non-hydrogen) atoms. The third-order valence-corrected chi connectivity index (χ3v) is 5.03. The summed E-state index contributed by atoms with van der Waals surface area (Å²) >= 11 is 0. The molecule has 4 aromatic rings. The van der Waals surface area contributed by atoms with Crippen LogP contribution in [0.1, 0.15) is 22.9 Å². The fraction of sp³-hybridized carbons (Fsp3) is 0.0417. The lowest BCUT2D eigenvalue weighted by atomic mass is 9.94. The van der Waals surface area contributed by atoms with Crippen molar-refractivity contribution in [1.82, 2.24) is 9.55 Å². The number of hydrogen-bond acceptors (Lipinski definition) is 2. The molecule has 1 atom stereocenters. The smallest absolute Gasteiger partial charge is 0.138 e. The van der Waals surface area contributed by atoms with Crippen molar-refractivity contribution >= 4 is 17.5 Å². The zero-order valence-electron chi connectivity index (χ0n) is 15.1. The van der Waals surface area contributed by atoms with E-state index in [4.69, 9.17) is 0 Å². The highest BCUT2D eigenvalue weighted by atomic mass is 19.1. The lowest BCUT2D eigenvalue weighted by Crippen LogP contribution is -2.34. The molecule has 1 aliphatic rings. The Morgan fingerprint density at radius 1 is 0.857 bits per heavy atom. The van der Waals surface area contributed by atoms with Crippen molar-refractivity contribution in [2.24, 2.45) is 0 Å². The Balaban J connectivity index is 1.80. The van der Waals surface area contributed by atoms with Gasteiger partial charge < -0.3 is 9.47 Å². The SMILES string of the molecule is Fc1ccc2c(c1)C(n1ccnc1)N(c1ccccc1)C(c1ccccc1)=C2. The van der Waals surface area contributed by atoms with Gasteiger partial charge >= 0.3 is 0 Å². The van der Waals surface area contributed by atoms with Gasteiger partial charge in [0.2, 0.25) is 0 Å². The maximum absolute atomic E-state index is 14.2. The molecule has 0 aliphatic carbocycles. The van der Waals surface area contributed by atoms with Gasteiger partial charge in [0.1, 0.15) is 12.0 Å². The summed E-state index contributed by atoms with van der Waals surface area (Å²) in [5.74, 6) is -0.242. The summed E-state index contributed by atoms with van der Waals surface area (Å²) in [6.07, 6.45) is 7.34. The summed E-state index contributed by atoms with van der Waals surface area (Å²) in [6, 6.07) is 25.4. The average molecular weight is 367 g/mol. The normalized spacial score (nSPS) is 15.8. The Bertz CT molecular complexity index is 1120. The van der Waals surface area contributed by atoms with Gasteiger partial charge in [0.15, 0.2) is 0 Å². The molecule has 0 N–H and O–H groups in total. The number of benzene rings is 3. The standard InChI is InChI=1S/C24H18FN3/c25-20-12-11-19-15-23(18-7-3-1-4-8-18)28(21-9-5-2-6-10-21)24(22(19)16-20)27-14-13-26-17-27/h1-17,24H. The molecule has 5 rings (SSSR count). The van der Waals surface area contributed by atoms with Crippen LogP contribution in [0.2, 0.25) is 0 Å². The minimum Gasteiger partial charge on any atom is -0.315 e. The predicted octanol–water partition coefficient (Wildman–Crippen LogP) is 5.59. The Morgan fingerprint density at radius 2 is 1.61 bits per heavy atom. The van der Waals surface area contributed by atoms with Crippen molar-refractivity contribution < 1.29 is 4.39 Å². The van der Waals surface area contributed by atoms with Gasteiger partial charge in [-0.05, 0) is 41.5 Å². The van der Waals surface area contributed by atoms with Gasteiger partial charge in [-0.2, -0.15) is 0 Å². The molecule has 0 saturated carbocycles. The highest BCUT2D eigenvalue weighted by Crippen LogP contribution is 2.42. The van der Waals surface area contributed by atoms with E-state index in [1.165, 1.54) is 6.07 Å². The topological polar surface area (TPSA) is 21.1 Å². The van der Waals surface area contributed by atoms with E-state index in [0.717, 1.165) is 28.1 Å². The molecule has 3 aromatic carbocycles. The van der Waals surface area contributed by atoms with E-state index >= 15 is 0 Å². The molecule has 0 saturated heterocycles. The molecule has 2 heterocycles. The number of aromatic nitrogens is 2. The van der Waals surface area contributed by atoms with Crippen LogP contribution < -0.4 is 4.90 Å². The molecule has 0 radical (unpaired) electrons. The largest absolute Gasteiger partial charge is 0.315 e. The Morgan fingerprint density at radius 3 is 2.32 bits per heavy atom. The second-order valence-electron chi connectivity index (χ2n) is 6.76. The number of para-hydroxylation sites is 1. The Kier molecular flexibility index (Phi) is 4.02. The molecular weight excluding hydrogens is 349 g/mol. The van der Waals surface area contributed by atoms with Gasteiger partial charge in [-0.3, -0.25) is 0 Å². The van der Waals surface area contributed by atoms with Gasteiger partial charge in [0.05, 0.1) is 12.0 Å². The first kappa shape index (κ1) is 16.5. The molecule has 0 spiro atoms. The summed E-state index contributed by atoms with van der Waals surface area (Å²) < 4.78 is 16.2. The monoisotopic (exact) mass is 367 g/mol. The van der Waals surface area contributed by atoms with Gasteiger partial charge in [0, 0.05) is 23.6 Å². The fourth-order valence-corrected chi connectivity index (χ4v) is 3.80. The first-order chi connectivity index (χ1) is 13.8. The van der Waals surface area contributed by atoms with Crippen LogP contribution in [-0.4, -0.2) is 9.55 Å². The average Bonchev–Trinajstić information content (AvgIpc) is 3.28. The quantitative estimate of drug-likeness (QED) is 0.471. The fourth-order valence-electron chi connectivity index (χ4n) is 3.80. The summed E-state index contributed by atoms with van der Waals surface area (Å²) in [4.78, 5) is 6.48. The van der Waals surface area contributed by atoms with Crippen molar-refractivity contribution in [3.05, 3.63) is 120 Å². The van der Waals surface area contributed by atoms with Gasteiger partial charge in [-0.25, -0.2) is 9.37 Å². The number of nitrogens with zero attached hydrogens (tertiary/aromatic N) is 3. The van der Waals surface area contributed by atoms with E-state index in [-0.39, 0.29) is 12.0 Å². The van der Waals surface area contributed by atoms with Crippen LogP contribution >= 0.6 is 0 Å². The zero-order valence-corrected chi connectivity index (χ0v) is 15.1. The molecule has 0 fully saturated rings. The van der Waals surface area contributed by atoms with Crippen LogP contribution in [0, 0.1) is 5.82 Å². The van der Waals surface area contributed by atoms with E-state index in [2.05, 4.69) is 40.2 Å². The lowest BCUT2D eigenvalue weighted by molar-refractivity contribution is 0.575. The minimum absolute atomic E-state index is 0.240. The molecule has 1 aliphatic heterocycles. The van der Waals surface area contributed by atoms with Crippen molar-refractivity contribution in [1.29, 1.82) is 0 Å². The molecule has 1 aromatic heterocycles. The van der Waals surface area contributed by atoms with Crippen LogP contribution in [0.4, 0.5) is 10.1 Å². The summed E-state index contributed by atoms with van der Waals surface area (Å²) in [7, 11) is 0. The van der Waals surface area contributed by atoms with Crippen LogP contribution in [0.3, 0.4) is 0 Å². The molecule has 4 heteroatoms. The predicted molar refractivity (Wildman–Crippen MR) is 110 cm³/mol. The van der Waals surface area contributed by atoms with E-state index in [9.17, 15) is 4.39 Å². The van der Waals surface area contributed by atoms with Crippen molar-refractivity contribution in [3.63, 3.8) is 0 Å². The van der Waals surface area contributed by atoms with Crippen LogP contribution in [0.15, 0.2) is 97.6 Å². The van der Waals surface area contributed by atoms with Gasteiger partial charge in [-0.1, -0.05) is 54.6 Å². The van der Waals surface area contributed by atoms with E-state index in [1.54, 1.807) is 18.6 Å². The summed E-state index contributed by atoms with van der Waals surface area (Å²) in [5, 5.41) is 0. The van der Waals surface area contributed by atoms with E-state index in [0.29, 0.717) is 0 Å².